The van der Waals surface area contributed by atoms with Crippen molar-refractivity contribution < 1.29 is 9.59 Å². The minimum absolute atomic E-state index is 0.0244. The summed E-state index contributed by atoms with van der Waals surface area (Å²) in [6.07, 6.45) is 1.28. The van der Waals surface area contributed by atoms with Crippen molar-refractivity contribution in [2.75, 3.05) is 0 Å². The molecule has 0 N–H and O–H groups in total. The Morgan fingerprint density at radius 1 is 0.906 bits per heavy atom. The Hall–Kier alpha value is -3.24. The average Bonchev–Trinajstić information content (AvgIpc) is 3.20. The number of ketones is 2. The first-order chi connectivity index (χ1) is 15.5. The van der Waals surface area contributed by atoms with Crippen molar-refractivity contribution in [3.8, 4) is 16.9 Å². The Labute approximate surface area is 195 Å². The van der Waals surface area contributed by atoms with Crippen LogP contribution >= 0.6 is 15.9 Å². The van der Waals surface area contributed by atoms with Crippen LogP contribution in [0.1, 0.15) is 51.2 Å². The molecule has 1 aliphatic rings. The first kappa shape index (κ1) is 20.7. The van der Waals surface area contributed by atoms with Crippen LogP contribution in [0.5, 0.6) is 0 Å². The summed E-state index contributed by atoms with van der Waals surface area (Å²) in [6, 6.07) is 28.0. The molecule has 0 saturated heterocycles. The highest BCUT2D eigenvalue weighted by atomic mass is 79.9. The predicted octanol–water partition coefficient (Wildman–Crippen LogP) is 7.02. The van der Waals surface area contributed by atoms with E-state index < -0.39 is 0 Å². The molecule has 158 valence electrons. The maximum atomic E-state index is 13.3. The molecule has 4 heteroatoms. The van der Waals surface area contributed by atoms with Crippen LogP contribution in [0.4, 0.5) is 0 Å². The largest absolute Gasteiger partial charge is 0.313 e. The molecule has 32 heavy (non-hydrogen) atoms. The van der Waals surface area contributed by atoms with E-state index in [4.69, 9.17) is 0 Å². The third kappa shape index (κ3) is 3.76. The van der Waals surface area contributed by atoms with Crippen LogP contribution in [-0.2, 0) is 6.42 Å². The Bertz CT molecular complexity index is 1320. The Morgan fingerprint density at radius 3 is 2.38 bits per heavy atom. The number of fused-ring (bicyclic) bond motifs is 1. The fraction of sp³-hybridized carbons (Fsp3) is 0.143. The van der Waals surface area contributed by atoms with Gasteiger partial charge in [-0.1, -0.05) is 70.5 Å². The van der Waals surface area contributed by atoms with Gasteiger partial charge in [-0.3, -0.25) is 9.59 Å². The van der Waals surface area contributed by atoms with Crippen molar-refractivity contribution in [1.29, 1.82) is 0 Å². The van der Waals surface area contributed by atoms with Gasteiger partial charge < -0.3 is 4.57 Å². The highest BCUT2D eigenvalue weighted by molar-refractivity contribution is 9.10. The lowest BCUT2D eigenvalue weighted by Gasteiger charge is -2.24. The van der Waals surface area contributed by atoms with E-state index in [0.717, 1.165) is 39.1 Å². The van der Waals surface area contributed by atoms with Gasteiger partial charge in [0.2, 0.25) is 0 Å². The molecule has 3 nitrogen and oxygen atoms in total. The Kier molecular flexibility index (Phi) is 5.40. The molecule has 4 aromatic rings. The molecule has 0 fully saturated rings. The molecule has 1 atom stereocenters. The predicted molar refractivity (Wildman–Crippen MR) is 131 cm³/mol. The minimum atomic E-state index is 0.0244. The lowest BCUT2D eigenvalue weighted by Crippen LogP contribution is -2.20. The van der Waals surface area contributed by atoms with Crippen LogP contribution in [0, 0.1) is 0 Å². The number of aromatic nitrogens is 1. The number of carbonyl (C=O) groups is 2. The number of rotatable bonds is 4. The second-order valence-corrected chi connectivity index (χ2v) is 9.19. The van der Waals surface area contributed by atoms with E-state index in [-0.39, 0.29) is 17.5 Å². The van der Waals surface area contributed by atoms with Gasteiger partial charge >= 0.3 is 0 Å². The molecule has 3 aromatic carbocycles. The molecule has 1 heterocycles. The summed E-state index contributed by atoms with van der Waals surface area (Å²) in [6.45, 7) is 1.58. The van der Waals surface area contributed by atoms with Crippen LogP contribution in [0.3, 0.4) is 0 Å². The van der Waals surface area contributed by atoms with Crippen molar-refractivity contribution in [3.05, 3.63) is 112 Å². The second-order valence-electron chi connectivity index (χ2n) is 8.28. The van der Waals surface area contributed by atoms with E-state index in [1.54, 1.807) is 6.92 Å². The lowest BCUT2D eigenvalue weighted by atomic mass is 9.82. The van der Waals surface area contributed by atoms with Crippen LogP contribution < -0.4 is 0 Å². The fourth-order valence-electron chi connectivity index (χ4n) is 4.59. The van der Waals surface area contributed by atoms with Gasteiger partial charge in [0.25, 0.3) is 0 Å². The van der Waals surface area contributed by atoms with Gasteiger partial charge in [-0.2, -0.15) is 0 Å². The smallest absolute Gasteiger partial charge is 0.165 e. The molecular weight excluding hydrogens is 462 g/mol. The summed E-state index contributed by atoms with van der Waals surface area (Å²) < 4.78 is 3.17. The SMILES string of the molecule is CC(=O)c1cccc(-n2c(-c3ccc(Br)cc3)cc3c2CC(c2ccccc2)CC3=O)c1. The molecule has 1 unspecified atom stereocenters. The third-order valence-electron chi connectivity index (χ3n) is 6.20. The molecule has 0 spiro atoms. The fourth-order valence-corrected chi connectivity index (χ4v) is 4.85. The van der Waals surface area contributed by atoms with Gasteiger partial charge in [-0.25, -0.2) is 0 Å². The topological polar surface area (TPSA) is 39.1 Å². The summed E-state index contributed by atoms with van der Waals surface area (Å²) in [5, 5.41) is 0. The molecule has 0 saturated carbocycles. The maximum absolute atomic E-state index is 13.3. The quantitative estimate of drug-likeness (QED) is 0.292. The summed E-state index contributed by atoms with van der Waals surface area (Å²) in [4.78, 5) is 25.3. The summed E-state index contributed by atoms with van der Waals surface area (Å²) >= 11 is 3.51. The Balaban J connectivity index is 1.72. The number of carbonyl (C=O) groups excluding carboxylic acids is 2. The normalized spacial score (nSPS) is 15.4. The zero-order valence-electron chi connectivity index (χ0n) is 17.7. The van der Waals surface area contributed by atoms with Gasteiger partial charge in [0.05, 0.1) is 5.69 Å². The zero-order valence-corrected chi connectivity index (χ0v) is 19.3. The number of hydrogen-bond acceptors (Lipinski definition) is 2. The molecule has 1 aliphatic carbocycles. The summed E-state index contributed by atoms with van der Waals surface area (Å²) in [5.41, 5.74) is 6.52. The minimum Gasteiger partial charge on any atom is -0.313 e. The van der Waals surface area contributed by atoms with E-state index in [0.29, 0.717) is 12.0 Å². The molecular formula is C28H22BrNO2. The van der Waals surface area contributed by atoms with E-state index >= 15 is 0 Å². The molecule has 1 aromatic heterocycles. The summed E-state index contributed by atoms with van der Waals surface area (Å²) in [7, 11) is 0. The second kappa shape index (κ2) is 8.36. The van der Waals surface area contributed by atoms with Crippen LogP contribution in [-0.4, -0.2) is 16.1 Å². The van der Waals surface area contributed by atoms with Crippen molar-refractivity contribution in [2.45, 2.75) is 25.7 Å². The van der Waals surface area contributed by atoms with E-state index in [1.807, 2.05) is 60.7 Å². The Morgan fingerprint density at radius 2 is 1.66 bits per heavy atom. The number of benzene rings is 3. The van der Waals surface area contributed by atoms with Crippen molar-refractivity contribution in [3.63, 3.8) is 0 Å². The number of nitrogens with zero attached hydrogens (tertiary/aromatic N) is 1. The van der Waals surface area contributed by atoms with Gasteiger partial charge in [-0.05, 0) is 60.7 Å². The van der Waals surface area contributed by atoms with E-state index in [2.05, 4.69) is 44.8 Å². The lowest BCUT2D eigenvalue weighted by molar-refractivity contribution is 0.0962. The van der Waals surface area contributed by atoms with Crippen molar-refractivity contribution in [2.24, 2.45) is 0 Å². The van der Waals surface area contributed by atoms with Gasteiger partial charge in [0.1, 0.15) is 0 Å². The van der Waals surface area contributed by atoms with Gasteiger partial charge in [-0.15, -0.1) is 0 Å². The highest BCUT2D eigenvalue weighted by Crippen LogP contribution is 2.39. The first-order valence-electron chi connectivity index (χ1n) is 10.7. The van der Waals surface area contributed by atoms with Gasteiger partial charge in [0.15, 0.2) is 11.6 Å². The monoisotopic (exact) mass is 483 g/mol. The third-order valence-corrected chi connectivity index (χ3v) is 6.73. The van der Waals surface area contributed by atoms with E-state index in [1.165, 1.54) is 5.56 Å². The van der Waals surface area contributed by atoms with E-state index in [9.17, 15) is 9.59 Å². The van der Waals surface area contributed by atoms with Crippen LogP contribution in [0.2, 0.25) is 0 Å². The molecule has 0 amide bonds. The van der Waals surface area contributed by atoms with Crippen molar-refractivity contribution in [1.82, 2.24) is 4.57 Å². The molecule has 0 aliphatic heterocycles. The molecule has 5 rings (SSSR count). The molecule has 0 bridgehead atoms. The van der Waals surface area contributed by atoms with Gasteiger partial charge in [0, 0.05) is 33.4 Å². The van der Waals surface area contributed by atoms with Crippen LogP contribution in [0.25, 0.3) is 16.9 Å². The summed E-state index contributed by atoms with van der Waals surface area (Å²) in [5.74, 6) is 0.329. The number of Topliss-reactive ketones (excluding diaryl/α,β-unsaturated/α-hetero) is 2. The average molecular weight is 484 g/mol. The molecule has 0 radical (unpaired) electrons. The number of hydrogen-bond donors (Lipinski definition) is 0. The number of halogens is 1. The van der Waals surface area contributed by atoms with Crippen molar-refractivity contribution >= 4 is 27.5 Å². The highest BCUT2D eigenvalue weighted by Gasteiger charge is 2.31. The zero-order chi connectivity index (χ0) is 22.2. The standard InChI is InChI=1S/C28H22BrNO2/c1-18(31)21-8-5-9-24(14-21)30-26(20-10-12-23(29)13-11-20)17-25-27(30)15-22(16-28(25)32)19-6-3-2-4-7-19/h2-14,17,22H,15-16H2,1H3. The first-order valence-corrected chi connectivity index (χ1v) is 11.5. The maximum Gasteiger partial charge on any atom is 0.165 e. The van der Waals surface area contributed by atoms with Crippen LogP contribution in [0.15, 0.2) is 89.4 Å².